The van der Waals surface area contributed by atoms with E-state index >= 15 is 0 Å². The Morgan fingerprint density at radius 1 is 1.11 bits per heavy atom. The quantitative estimate of drug-likeness (QED) is 0.733. The fourth-order valence-corrected chi connectivity index (χ4v) is 3.13. The van der Waals surface area contributed by atoms with Gasteiger partial charge in [0.05, 0.1) is 0 Å². The fraction of sp³-hybridized carbons (Fsp3) is 0.647. The van der Waals surface area contributed by atoms with E-state index < -0.39 is 0 Å². The Hall–Kier alpha value is -0.980. The van der Waals surface area contributed by atoms with Crippen molar-refractivity contribution in [1.82, 2.24) is 0 Å². The lowest BCUT2D eigenvalue weighted by Crippen LogP contribution is -2.19. The van der Waals surface area contributed by atoms with Gasteiger partial charge in [0.2, 0.25) is 0 Å². The summed E-state index contributed by atoms with van der Waals surface area (Å²) >= 11 is 0. The Morgan fingerprint density at radius 2 is 1.94 bits per heavy atom. The zero-order valence-electron chi connectivity index (χ0n) is 12.1. The third kappa shape index (κ3) is 3.51. The maximum absolute atomic E-state index is 3.76. The molecule has 0 saturated heterocycles. The molecule has 1 aliphatic rings. The maximum Gasteiger partial charge on any atom is 0.0372 e. The molecule has 0 amide bonds. The fourth-order valence-electron chi connectivity index (χ4n) is 3.13. The largest absolute Gasteiger partial charge is 0.382 e. The number of nitrogens with one attached hydrogen (secondary N) is 1. The van der Waals surface area contributed by atoms with Gasteiger partial charge in [-0.25, -0.2) is 0 Å². The highest BCUT2D eigenvalue weighted by atomic mass is 14.9. The van der Waals surface area contributed by atoms with Crippen molar-refractivity contribution in [3.8, 4) is 0 Å². The molecule has 0 heterocycles. The second kappa shape index (κ2) is 6.26. The predicted molar refractivity (Wildman–Crippen MR) is 80.2 cm³/mol. The molecule has 0 aliphatic heterocycles. The first-order valence-corrected chi connectivity index (χ1v) is 7.53. The minimum Gasteiger partial charge on any atom is -0.382 e. The highest BCUT2D eigenvalue weighted by molar-refractivity contribution is 5.52. The summed E-state index contributed by atoms with van der Waals surface area (Å²) in [6.07, 6.45) is 8.26. The topological polar surface area (TPSA) is 12.0 Å². The number of anilines is 1. The van der Waals surface area contributed by atoms with Gasteiger partial charge in [-0.3, -0.25) is 0 Å². The summed E-state index contributed by atoms with van der Waals surface area (Å²) in [5.74, 6) is 0.968. The van der Waals surface area contributed by atoms with E-state index in [9.17, 15) is 0 Å². The second-order valence-electron chi connectivity index (χ2n) is 5.94. The first-order chi connectivity index (χ1) is 8.69. The van der Waals surface area contributed by atoms with E-state index in [1.165, 1.54) is 55.3 Å². The lowest BCUT2D eigenvalue weighted by Gasteiger charge is -2.19. The minimum absolute atomic E-state index is 0.683. The molecular formula is C17H27N. The molecule has 1 fully saturated rings. The van der Waals surface area contributed by atoms with E-state index in [1.807, 2.05) is 0 Å². The van der Waals surface area contributed by atoms with Crippen LogP contribution in [0.15, 0.2) is 18.2 Å². The smallest absolute Gasteiger partial charge is 0.0372 e. The summed E-state index contributed by atoms with van der Waals surface area (Å²) in [5.41, 5.74) is 4.07. The highest BCUT2D eigenvalue weighted by Gasteiger charge is 2.17. The van der Waals surface area contributed by atoms with Gasteiger partial charge in [0, 0.05) is 11.7 Å². The molecule has 2 rings (SSSR count). The molecule has 1 aromatic carbocycles. The van der Waals surface area contributed by atoms with Crippen LogP contribution in [0.3, 0.4) is 0 Å². The predicted octanol–water partition coefficient (Wildman–Crippen LogP) is 5.07. The van der Waals surface area contributed by atoms with Crippen molar-refractivity contribution in [2.75, 3.05) is 5.32 Å². The van der Waals surface area contributed by atoms with Crippen LogP contribution >= 0.6 is 0 Å². The van der Waals surface area contributed by atoms with Gasteiger partial charge in [0.15, 0.2) is 0 Å². The molecular weight excluding hydrogens is 218 g/mol. The van der Waals surface area contributed by atoms with Gasteiger partial charge in [-0.05, 0) is 50.7 Å². The zero-order valence-corrected chi connectivity index (χ0v) is 12.1. The van der Waals surface area contributed by atoms with Gasteiger partial charge < -0.3 is 5.32 Å². The van der Waals surface area contributed by atoms with Crippen LogP contribution < -0.4 is 5.32 Å². The molecule has 0 radical (unpaired) electrons. The minimum atomic E-state index is 0.683. The molecule has 1 aromatic rings. The first kappa shape index (κ1) is 13.5. The van der Waals surface area contributed by atoms with Gasteiger partial charge >= 0.3 is 0 Å². The van der Waals surface area contributed by atoms with E-state index in [0.29, 0.717) is 6.04 Å². The van der Waals surface area contributed by atoms with Crippen molar-refractivity contribution in [1.29, 1.82) is 0 Å². The van der Waals surface area contributed by atoms with Crippen LogP contribution in [0.1, 0.15) is 56.6 Å². The number of hydrogen-bond donors (Lipinski definition) is 1. The molecule has 1 heteroatoms. The van der Waals surface area contributed by atoms with Gasteiger partial charge in [-0.1, -0.05) is 43.9 Å². The van der Waals surface area contributed by atoms with Gasteiger partial charge in [-0.15, -0.1) is 0 Å². The first-order valence-electron chi connectivity index (χ1n) is 7.53. The number of aryl methyl sites for hydroxylation is 2. The van der Waals surface area contributed by atoms with Crippen molar-refractivity contribution in [2.45, 2.75) is 65.3 Å². The van der Waals surface area contributed by atoms with Crippen LogP contribution in [0, 0.1) is 19.8 Å². The summed E-state index contributed by atoms with van der Waals surface area (Å²) in [4.78, 5) is 0. The normalized spacial score (nSPS) is 24.6. The van der Waals surface area contributed by atoms with Crippen molar-refractivity contribution < 1.29 is 0 Å². The second-order valence-corrected chi connectivity index (χ2v) is 5.94. The van der Waals surface area contributed by atoms with E-state index in [2.05, 4.69) is 44.3 Å². The summed E-state index contributed by atoms with van der Waals surface area (Å²) < 4.78 is 0. The van der Waals surface area contributed by atoms with Gasteiger partial charge in [-0.2, -0.15) is 0 Å². The van der Waals surface area contributed by atoms with Crippen LogP contribution in [0.5, 0.6) is 0 Å². The average Bonchev–Trinajstić information content (AvgIpc) is 2.58. The van der Waals surface area contributed by atoms with E-state index in [4.69, 9.17) is 0 Å². The van der Waals surface area contributed by atoms with E-state index in [-0.39, 0.29) is 0 Å². The number of hydrogen-bond acceptors (Lipinski definition) is 1. The summed E-state index contributed by atoms with van der Waals surface area (Å²) in [6, 6.07) is 7.41. The SMILES string of the molecule is CCC1CCCC(Nc2ccc(C)cc2C)CC1. The van der Waals surface area contributed by atoms with Crippen LogP contribution in [-0.4, -0.2) is 6.04 Å². The summed E-state index contributed by atoms with van der Waals surface area (Å²) in [5, 5.41) is 3.76. The van der Waals surface area contributed by atoms with Crippen molar-refractivity contribution >= 4 is 5.69 Å². The summed E-state index contributed by atoms with van der Waals surface area (Å²) in [7, 11) is 0. The average molecular weight is 245 g/mol. The van der Waals surface area contributed by atoms with E-state index in [0.717, 1.165) is 5.92 Å². The molecule has 1 nitrogen and oxygen atoms in total. The molecule has 0 aromatic heterocycles. The molecule has 1 aliphatic carbocycles. The molecule has 1 N–H and O–H groups in total. The Kier molecular flexibility index (Phi) is 4.68. The van der Waals surface area contributed by atoms with Gasteiger partial charge in [0.1, 0.15) is 0 Å². The third-order valence-electron chi connectivity index (χ3n) is 4.41. The van der Waals surface area contributed by atoms with Crippen molar-refractivity contribution in [2.24, 2.45) is 5.92 Å². The molecule has 2 atom stereocenters. The maximum atomic E-state index is 3.76. The summed E-state index contributed by atoms with van der Waals surface area (Å²) in [6.45, 7) is 6.71. The molecule has 100 valence electrons. The molecule has 18 heavy (non-hydrogen) atoms. The standard InChI is InChI=1S/C17H27N/c1-4-15-6-5-7-16(10-9-15)18-17-11-8-13(2)12-14(17)3/h8,11-12,15-16,18H,4-7,9-10H2,1-3H3. The van der Waals surface area contributed by atoms with Crippen molar-refractivity contribution in [3.05, 3.63) is 29.3 Å². The van der Waals surface area contributed by atoms with Crippen LogP contribution in [0.4, 0.5) is 5.69 Å². The molecule has 0 spiro atoms. The third-order valence-corrected chi connectivity index (χ3v) is 4.41. The van der Waals surface area contributed by atoms with Gasteiger partial charge in [0.25, 0.3) is 0 Å². The van der Waals surface area contributed by atoms with Crippen LogP contribution in [0.2, 0.25) is 0 Å². The van der Waals surface area contributed by atoms with Crippen molar-refractivity contribution in [3.63, 3.8) is 0 Å². The van der Waals surface area contributed by atoms with Crippen LogP contribution in [-0.2, 0) is 0 Å². The molecule has 0 bridgehead atoms. The van der Waals surface area contributed by atoms with Crippen LogP contribution in [0.25, 0.3) is 0 Å². The van der Waals surface area contributed by atoms with E-state index in [1.54, 1.807) is 0 Å². The Morgan fingerprint density at radius 3 is 2.67 bits per heavy atom. The Labute approximate surface area is 112 Å². The molecule has 1 saturated carbocycles. The monoisotopic (exact) mass is 245 g/mol. The highest BCUT2D eigenvalue weighted by Crippen LogP contribution is 2.28. The zero-order chi connectivity index (χ0) is 13.0. The Bertz CT molecular complexity index is 383. The Balaban J connectivity index is 1.96. The lowest BCUT2D eigenvalue weighted by molar-refractivity contribution is 0.444. The number of rotatable bonds is 3. The lowest BCUT2D eigenvalue weighted by atomic mass is 9.98. The molecule has 2 unspecified atom stereocenters. The number of benzene rings is 1.